The minimum absolute atomic E-state index is 0.0349. The van der Waals surface area contributed by atoms with Gasteiger partial charge in [-0.2, -0.15) is 0 Å². The Morgan fingerprint density at radius 3 is 2.15 bits per heavy atom. The van der Waals surface area contributed by atoms with Gasteiger partial charge in [0.2, 0.25) is 0 Å². The van der Waals surface area contributed by atoms with E-state index >= 15 is 0 Å². The molecule has 4 aromatic rings. The number of rotatable bonds is 5. The molecule has 3 aromatic carbocycles. The highest BCUT2D eigenvalue weighted by molar-refractivity contribution is 7.07. The first-order chi connectivity index (χ1) is 19.0. The van der Waals surface area contributed by atoms with E-state index in [0.29, 0.717) is 14.4 Å². The summed E-state index contributed by atoms with van der Waals surface area (Å²) in [4.78, 5) is 19.7. The Labute approximate surface area is 235 Å². The molecule has 1 aliphatic carbocycles. The fraction of sp³-hybridized carbons (Fsp3) is 0.188. The third-order valence-electron chi connectivity index (χ3n) is 7.19. The lowest BCUT2D eigenvalue weighted by Gasteiger charge is -2.31. The molecule has 2 heterocycles. The van der Waals surface area contributed by atoms with Crippen LogP contribution in [-0.2, 0) is 0 Å². The molecule has 2 aliphatic rings. The van der Waals surface area contributed by atoms with Crippen molar-refractivity contribution in [2.75, 3.05) is 14.2 Å². The Morgan fingerprint density at radius 1 is 0.872 bits per heavy atom. The molecule has 196 valence electrons. The summed E-state index contributed by atoms with van der Waals surface area (Å²) in [5.41, 5.74) is 6.40. The van der Waals surface area contributed by atoms with Crippen LogP contribution in [0.3, 0.4) is 0 Å². The number of allylic oxidation sites excluding steroid dienone is 2. The Morgan fingerprint density at radius 2 is 1.49 bits per heavy atom. The van der Waals surface area contributed by atoms with Gasteiger partial charge in [0.1, 0.15) is 11.5 Å². The molecule has 6 rings (SSSR count). The Balaban J connectivity index is 1.54. The molecule has 0 unspecified atom stereocenters. The van der Waals surface area contributed by atoms with Gasteiger partial charge in [-0.05, 0) is 95.6 Å². The molecule has 0 spiro atoms. The molecule has 5 nitrogen and oxygen atoms in total. The predicted molar refractivity (Wildman–Crippen MR) is 157 cm³/mol. The van der Waals surface area contributed by atoms with Gasteiger partial charge in [0.05, 0.1) is 30.5 Å². The summed E-state index contributed by atoms with van der Waals surface area (Å²) in [5, 5.41) is 0.664. The van der Waals surface area contributed by atoms with E-state index in [-0.39, 0.29) is 11.6 Å². The summed E-state index contributed by atoms with van der Waals surface area (Å²) in [6.07, 6.45) is 6.95. The third-order valence-corrected chi connectivity index (χ3v) is 8.42. The highest BCUT2D eigenvalue weighted by Crippen LogP contribution is 2.41. The van der Waals surface area contributed by atoms with Crippen LogP contribution < -0.4 is 24.4 Å². The van der Waals surface area contributed by atoms with Gasteiger partial charge in [-0.3, -0.25) is 9.36 Å². The number of methoxy groups -OCH3 is 2. The van der Waals surface area contributed by atoms with E-state index in [4.69, 9.17) is 26.1 Å². The highest BCUT2D eigenvalue weighted by Gasteiger charge is 2.32. The van der Waals surface area contributed by atoms with E-state index in [0.717, 1.165) is 53.1 Å². The van der Waals surface area contributed by atoms with E-state index in [2.05, 4.69) is 30.3 Å². The predicted octanol–water partition coefficient (Wildman–Crippen LogP) is 6.15. The second-order valence-electron chi connectivity index (χ2n) is 9.58. The molecule has 7 heteroatoms. The van der Waals surface area contributed by atoms with Crippen LogP contribution in [0.1, 0.15) is 42.0 Å². The van der Waals surface area contributed by atoms with Crippen molar-refractivity contribution in [1.29, 1.82) is 0 Å². The zero-order valence-corrected chi connectivity index (χ0v) is 23.3. The lowest BCUT2D eigenvalue weighted by Crippen LogP contribution is -2.39. The molecule has 0 fully saturated rings. The Kier molecular flexibility index (Phi) is 6.98. The zero-order valence-electron chi connectivity index (χ0n) is 21.7. The number of aromatic nitrogens is 1. The van der Waals surface area contributed by atoms with Crippen LogP contribution in [0.4, 0.5) is 0 Å². The summed E-state index contributed by atoms with van der Waals surface area (Å²) < 4.78 is 13.2. The Bertz CT molecular complexity index is 1760. The molecule has 0 saturated carbocycles. The number of nitrogens with zero attached hydrogens (tertiary/aromatic N) is 2. The van der Waals surface area contributed by atoms with Crippen molar-refractivity contribution < 1.29 is 9.47 Å². The normalized spacial score (nSPS) is 18.0. The van der Waals surface area contributed by atoms with Crippen molar-refractivity contribution in [1.82, 2.24) is 4.57 Å². The molecule has 1 aliphatic heterocycles. The van der Waals surface area contributed by atoms with Gasteiger partial charge in [0, 0.05) is 5.02 Å². The van der Waals surface area contributed by atoms with E-state index in [9.17, 15) is 4.79 Å². The molecule has 1 atom stereocenters. The van der Waals surface area contributed by atoms with Crippen LogP contribution in [-0.4, -0.2) is 18.8 Å². The minimum Gasteiger partial charge on any atom is -0.497 e. The zero-order chi connectivity index (χ0) is 26.9. The van der Waals surface area contributed by atoms with Crippen LogP contribution in [0, 0.1) is 0 Å². The summed E-state index contributed by atoms with van der Waals surface area (Å²) in [6, 6.07) is 23.4. The SMILES string of the molecule is COc1ccc(/C=C2\CCCC3=C2N=c2s/c(=C\c4ccc(Cl)cc4)c(=O)n2[C@@H]3c2ccc(OC)cc2)cc1. The first kappa shape index (κ1) is 25.4. The van der Waals surface area contributed by atoms with E-state index < -0.39 is 0 Å². The average Bonchev–Trinajstić information content (AvgIpc) is 3.28. The first-order valence-electron chi connectivity index (χ1n) is 12.8. The van der Waals surface area contributed by atoms with Crippen molar-refractivity contribution >= 4 is 35.1 Å². The molecular formula is C32H27ClN2O3S. The topological polar surface area (TPSA) is 52.8 Å². The van der Waals surface area contributed by atoms with Gasteiger partial charge in [-0.1, -0.05) is 59.3 Å². The number of halogens is 1. The molecule has 0 saturated heterocycles. The van der Waals surface area contributed by atoms with Crippen LogP contribution in [0.5, 0.6) is 11.5 Å². The standard InChI is InChI=1S/C32H27ClN2O3S/c1-37-25-14-8-20(9-15-25)18-23-4-3-5-27-29(23)34-32-35(30(27)22-10-16-26(38-2)17-11-22)31(36)28(39-32)19-21-6-12-24(33)13-7-21/h6-19,30H,3-5H2,1-2H3/b23-18+,28-19-/t30-/m1/s1. The lowest BCUT2D eigenvalue weighted by atomic mass is 9.84. The number of thiazole rings is 1. The van der Waals surface area contributed by atoms with Gasteiger partial charge >= 0.3 is 0 Å². The van der Waals surface area contributed by atoms with Crippen molar-refractivity contribution in [2.45, 2.75) is 25.3 Å². The summed E-state index contributed by atoms with van der Waals surface area (Å²) in [7, 11) is 3.33. The van der Waals surface area contributed by atoms with Gasteiger partial charge in [-0.15, -0.1) is 0 Å². The summed E-state index contributed by atoms with van der Waals surface area (Å²) >= 11 is 7.50. The largest absolute Gasteiger partial charge is 0.497 e. The molecule has 39 heavy (non-hydrogen) atoms. The van der Waals surface area contributed by atoms with E-state index in [1.54, 1.807) is 14.2 Å². The number of fused-ring (bicyclic) bond motifs is 1. The van der Waals surface area contributed by atoms with E-state index in [1.165, 1.54) is 22.5 Å². The summed E-state index contributed by atoms with van der Waals surface area (Å²) in [5.74, 6) is 1.61. The number of benzene rings is 3. The second-order valence-corrected chi connectivity index (χ2v) is 11.0. The molecule has 0 radical (unpaired) electrons. The van der Waals surface area contributed by atoms with Crippen LogP contribution in [0.25, 0.3) is 12.2 Å². The van der Waals surface area contributed by atoms with Gasteiger partial charge in [0.15, 0.2) is 4.80 Å². The molecule has 0 N–H and O–H groups in total. The van der Waals surface area contributed by atoms with Gasteiger partial charge in [-0.25, -0.2) is 4.99 Å². The molecule has 0 bridgehead atoms. The van der Waals surface area contributed by atoms with Gasteiger partial charge in [0.25, 0.3) is 5.56 Å². The lowest BCUT2D eigenvalue weighted by molar-refractivity contribution is 0.414. The number of hydrogen-bond donors (Lipinski definition) is 0. The molecule has 0 amide bonds. The third kappa shape index (κ3) is 4.98. The van der Waals surface area contributed by atoms with Crippen LogP contribution in [0.2, 0.25) is 5.02 Å². The smallest absolute Gasteiger partial charge is 0.271 e. The number of ether oxygens (including phenoxy) is 2. The molecular weight excluding hydrogens is 528 g/mol. The second kappa shape index (κ2) is 10.7. The fourth-order valence-electron chi connectivity index (χ4n) is 5.25. The van der Waals surface area contributed by atoms with E-state index in [1.807, 2.05) is 59.2 Å². The first-order valence-corrected chi connectivity index (χ1v) is 14.0. The maximum atomic E-state index is 13.9. The maximum absolute atomic E-state index is 13.9. The van der Waals surface area contributed by atoms with Crippen molar-refractivity contribution in [3.63, 3.8) is 0 Å². The highest BCUT2D eigenvalue weighted by atomic mass is 35.5. The van der Waals surface area contributed by atoms with Crippen LogP contribution in [0.15, 0.2) is 99.4 Å². The average molecular weight is 555 g/mol. The van der Waals surface area contributed by atoms with Crippen molar-refractivity contribution in [3.05, 3.63) is 131 Å². The monoisotopic (exact) mass is 554 g/mol. The number of hydrogen-bond acceptors (Lipinski definition) is 5. The van der Waals surface area contributed by atoms with Crippen LogP contribution >= 0.6 is 22.9 Å². The Hall–Kier alpha value is -3.87. The maximum Gasteiger partial charge on any atom is 0.271 e. The van der Waals surface area contributed by atoms with Crippen molar-refractivity contribution in [3.8, 4) is 11.5 Å². The fourth-order valence-corrected chi connectivity index (χ4v) is 6.38. The van der Waals surface area contributed by atoms with Gasteiger partial charge < -0.3 is 9.47 Å². The van der Waals surface area contributed by atoms with Crippen molar-refractivity contribution in [2.24, 2.45) is 4.99 Å². The quantitative estimate of drug-likeness (QED) is 0.297. The summed E-state index contributed by atoms with van der Waals surface area (Å²) in [6.45, 7) is 0. The minimum atomic E-state index is -0.228. The molecule has 1 aromatic heterocycles.